The minimum Gasteiger partial charge on any atom is -0.490 e. The Bertz CT molecular complexity index is 906. The van der Waals surface area contributed by atoms with Crippen molar-refractivity contribution in [3.05, 3.63) is 64.7 Å². The van der Waals surface area contributed by atoms with Gasteiger partial charge < -0.3 is 20.1 Å². The molecule has 1 fully saturated rings. The van der Waals surface area contributed by atoms with Gasteiger partial charge in [0.15, 0.2) is 0 Å². The van der Waals surface area contributed by atoms with Crippen LogP contribution in [0.25, 0.3) is 0 Å². The van der Waals surface area contributed by atoms with E-state index in [0.717, 1.165) is 38.2 Å². The Morgan fingerprint density at radius 1 is 1.09 bits per heavy atom. The summed E-state index contributed by atoms with van der Waals surface area (Å²) in [6.07, 6.45) is 5.89. The number of benzene rings is 2. The van der Waals surface area contributed by atoms with E-state index in [4.69, 9.17) is 15.2 Å². The van der Waals surface area contributed by atoms with Crippen LogP contribution in [0, 0.1) is 12.8 Å². The van der Waals surface area contributed by atoms with Gasteiger partial charge in [-0.25, -0.2) is 0 Å². The van der Waals surface area contributed by atoms with Crippen molar-refractivity contribution >= 4 is 0 Å². The van der Waals surface area contributed by atoms with Crippen molar-refractivity contribution in [1.82, 2.24) is 4.90 Å². The summed E-state index contributed by atoms with van der Waals surface area (Å²) in [6, 6.07) is 15.4. The van der Waals surface area contributed by atoms with E-state index in [1.807, 2.05) is 0 Å². The van der Waals surface area contributed by atoms with Crippen LogP contribution >= 0.6 is 0 Å². The first-order valence-corrected chi connectivity index (χ1v) is 13.4. The lowest BCUT2D eigenvalue weighted by Gasteiger charge is -2.41. The Kier molecular flexibility index (Phi) is 8.68. The predicted octanol–water partition coefficient (Wildman–Crippen LogP) is 6.02. The molecule has 186 valence electrons. The first-order chi connectivity index (χ1) is 16.5. The van der Waals surface area contributed by atoms with Gasteiger partial charge >= 0.3 is 0 Å². The van der Waals surface area contributed by atoms with E-state index in [-0.39, 0.29) is 18.3 Å². The average molecular weight is 465 g/mol. The van der Waals surface area contributed by atoms with Crippen LogP contribution in [0.3, 0.4) is 0 Å². The first kappa shape index (κ1) is 25.2. The molecule has 0 spiro atoms. The average Bonchev–Trinajstić information content (AvgIpc) is 2.85. The summed E-state index contributed by atoms with van der Waals surface area (Å²) in [5, 5.41) is 0. The fourth-order valence-corrected chi connectivity index (χ4v) is 5.87. The molecule has 0 saturated carbocycles. The Hall–Kier alpha value is -1.88. The molecule has 0 aromatic heterocycles. The Morgan fingerprint density at radius 2 is 1.82 bits per heavy atom. The van der Waals surface area contributed by atoms with Gasteiger partial charge in [-0.3, -0.25) is 0 Å². The summed E-state index contributed by atoms with van der Waals surface area (Å²) in [6.45, 7) is 12.8. The Balaban J connectivity index is 1.44. The quantitative estimate of drug-likeness (QED) is 0.493. The highest BCUT2D eigenvalue weighted by Crippen LogP contribution is 2.42. The van der Waals surface area contributed by atoms with Crippen molar-refractivity contribution < 1.29 is 9.47 Å². The molecule has 2 aromatic rings. The second kappa shape index (κ2) is 11.7. The molecule has 34 heavy (non-hydrogen) atoms. The molecule has 3 atom stereocenters. The topological polar surface area (TPSA) is 47.7 Å². The van der Waals surface area contributed by atoms with Crippen molar-refractivity contribution in [3.8, 4) is 5.75 Å². The summed E-state index contributed by atoms with van der Waals surface area (Å²) < 4.78 is 13.1. The molecule has 2 N–H and O–H groups in total. The monoisotopic (exact) mass is 464 g/mol. The molecule has 1 saturated heterocycles. The lowest BCUT2D eigenvalue weighted by Crippen LogP contribution is -2.42. The highest BCUT2D eigenvalue weighted by atomic mass is 16.5. The van der Waals surface area contributed by atoms with Crippen LogP contribution in [0.1, 0.15) is 80.7 Å². The predicted molar refractivity (Wildman–Crippen MR) is 141 cm³/mol. The lowest BCUT2D eigenvalue weighted by atomic mass is 9.82. The number of nitrogens with zero attached hydrogens (tertiary/aromatic N) is 1. The number of fused-ring (bicyclic) bond motifs is 1. The second-order valence-electron chi connectivity index (χ2n) is 10.5. The van der Waals surface area contributed by atoms with Crippen LogP contribution in [0.2, 0.25) is 0 Å². The molecule has 2 unspecified atom stereocenters. The van der Waals surface area contributed by atoms with E-state index < -0.39 is 0 Å². The molecule has 0 amide bonds. The van der Waals surface area contributed by atoms with Gasteiger partial charge in [-0.2, -0.15) is 0 Å². The zero-order valence-electron chi connectivity index (χ0n) is 21.6. The number of hydrogen-bond acceptors (Lipinski definition) is 4. The smallest absolute Gasteiger partial charge is 0.126 e. The normalized spacial score (nSPS) is 22.5. The van der Waals surface area contributed by atoms with Crippen LogP contribution in [0.5, 0.6) is 5.75 Å². The van der Waals surface area contributed by atoms with Crippen molar-refractivity contribution in [3.63, 3.8) is 0 Å². The summed E-state index contributed by atoms with van der Waals surface area (Å²) in [7, 11) is 0. The Labute approximate surface area is 206 Å². The fourth-order valence-electron chi connectivity index (χ4n) is 5.87. The van der Waals surface area contributed by atoms with E-state index >= 15 is 0 Å². The lowest BCUT2D eigenvalue weighted by molar-refractivity contribution is -0.0710. The maximum atomic E-state index is 6.75. The molecular weight excluding hydrogens is 420 g/mol. The van der Waals surface area contributed by atoms with Crippen molar-refractivity contribution in [2.45, 2.75) is 84.0 Å². The zero-order chi connectivity index (χ0) is 24.1. The van der Waals surface area contributed by atoms with Gasteiger partial charge in [-0.1, -0.05) is 49.4 Å². The highest BCUT2D eigenvalue weighted by molar-refractivity contribution is 5.48. The van der Waals surface area contributed by atoms with Gasteiger partial charge in [0.25, 0.3) is 0 Å². The first-order valence-electron chi connectivity index (χ1n) is 13.4. The molecule has 4 rings (SSSR count). The number of ether oxygens (including phenoxy) is 2. The third-order valence-corrected chi connectivity index (χ3v) is 7.77. The number of piperidine rings is 1. The van der Waals surface area contributed by atoms with E-state index in [2.05, 4.69) is 75.1 Å². The number of nitrogens with two attached hydrogens (primary N) is 1. The molecule has 2 heterocycles. The van der Waals surface area contributed by atoms with Crippen molar-refractivity contribution in [2.24, 2.45) is 11.7 Å². The third-order valence-electron chi connectivity index (χ3n) is 7.77. The maximum Gasteiger partial charge on any atom is 0.126 e. The molecule has 0 radical (unpaired) electrons. The molecule has 4 heteroatoms. The summed E-state index contributed by atoms with van der Waals surface area (Å²) >= 11 is 0. The molecule has 2 aliphatic rings. The molecule has 0 bridgehead atoms. The van der Waals surface area contributed by atoms with Crippen LogP contribution < -0.4 is 10.5 Å². The van der Waals surface area contributed by atoms with Gasteiger partial charge in [-0.15, -0.1) is 0 Å². The number of rotatable bonds is 9. The van der Waals surface area contributed by atoms with Crippen LogP contribution in [-0.2, 0) is 11.2 Å². The van der Waals surface area contributed by atoms with Crippen LogP contribution in [-0.4, -0.2) is 43.3 Å². The SMILES string of the molecule is CCC(CN1CCC([C@@H]2Cc3c(ccc(C)c3OC(C)C)C(CCN)O2)CC1)c1ccccc1. The number of hydrogen-bond donors (Lipinski definition) is 1. The molecular formula is C30H44N2O2. The van der Waals surface area contributed by atoms with Gasteiger partial charge in [0, 0.05) is 18.5 Å². The second-order valence-corrected chi connectivity index (χ2v) is 10.5. The highest BCUT2D eigenvalue weighted by Gasteiger charge is 2.36. The van der Waals surface area contributed by atoms with E-state index in [1.54, 1.807) is 0 Å². The summed E-state index contributed by atoms with van der Waals surface area (Å²) in [4.78, 5) is 2.67. The summed E-state index contributed by atoms with van der Waals surface area (Å²) in [5.74, 6) is 2.28. The van der Waals surface area contributed by atoms with E-state index in [9.17, 15) is 0 Å². The minimum absolute atomic E-state index is 0.0782. The zero-order valence-corrected chi connectivity index (χ0v) is 21.6. The van der Waals surface area contributed by atoms with Crippen LogP contribution in [0.15, 0.2) is 42.5 Å². The fraction of sp³-hybridized carbons (Fsp3) is 0.600. The maximum absolute atomic E-state index is 6.75. The number of likely N-dealkylation sites (tertiary alicyclic amines) is 1. The van der Waals surface area contributed by atoms with E-state index in [0.29, 0.717) is 18.4 Å². The van der Waals surface area contributed by atoms with Crippen LogP contribution in [0.4, 0.5) is 0 Å². The minimum atomic E-state index is 0.0782. The molecule has 2 aliphatic heterocycles. The van der Waals surface area contributed by atoms with Gasteiger partial charge in [0.2, 0.25) is 0 Å². The molecule has 0 aliphatic carbocycles. The largest absolute Gasteiger partial charge is 0.490 e. The van der Waals surface area contributed by atoms with Crippen molar-refractivity contribution in [2.75, 3.05) is 26.2 Å². The van der Waals surface area contributed by atoms with Gasteiger partial charge in [0.05, 0.1) is 18.3 Å². The molecule has 4 nitrogen and oxygen atoms in total. The standard InChI is InChI=1S/C30H44N2O2/c1-5-23(24-9-7-6-8-10-24)20-32-17-14-25(15-18-32)29-19-27-26(28(34-29)13-16-31)12-11-22(4)30(27)33-21(2)3/h6-12,21,23,25,28-29H,5,13-20,31H2,1-4H3/t23?,28?,29-/m0/s1. The van der Waals surface area contributed by atoms with E-state index in [1.165, 1.54) is 41.5 Å². The van der Waals surface area contributed by atoms with Gasteiger partial charge in [0.1, 0.15) is 5.75 Å². The van der Waals surface area contributed by atoms with Crippen molar-refractivity contribution in [1.29, 1.82) is 0 Å². The Morgan fingerprint density at radius 3 is 2.47 bits per heavy atom. The summed E-state index contributed by atoms with van der Waals surface area (Å²) in [5.41, 5.74) is 11.3. The third kappa shape index (κ3) is 5.84. The van der Waals surface area contributed by atoms with Gasteiger partial charge in [-0.05, 0) is 94.6 Å². The number of aryl methyl sites for hydroxylation is 1. The molecule has 2 aromatic carbocycles.